The molecule has 19 heavy (non-hydrogen) atoms. The minimum atomic E-state index is -1.01. The van der Waals surface area contributed by atoms with Gasteiger partial charge in [-0.2, -0.15) is 0 Å². The summed E-state index contributed by atoms with van der Waals surface area (Å²) in [5.41, 5.74) is 2.28. The van der Waals surface area contributed by atoms with Gasteiger partial charge in [-0.15, -0.1) is 0 Å². The number of aromatic carboxylic acids is 1. The van der Waals surface area contributed by atoms with Crippen molar-refractivity contribution in [3.8, 4) is 0 Å². The fraction of sp³-hybridized carbons (Fsp3) is 0.286. The van der Waals surface area contributed by atoms with Gasteiger partial charge < -0.3 is 14.8 Å². The van der Waals surface area contributed by atoms with Crippen LogP contribution >= 0.6 is 0 Å². The van der Waals surface area contributed by atoms with Crippen LogP contribution in [0.5, 0.6) is 0 Å². The average molecular weight is 261 g/mol. The van der Waals surface area contributed by atoms with Crippen LogP contribution < -0.4 is 0 Å². The van der Waals surface area contributed by atoms with E-state index in [2.05, 4.69) is 0 Å². The quantitative estimate of drug-likeness (QED) is 0.805. The van der Waals surface area contributed by atoms with E-state index < -0.39 is 5.97 Å². The number of fused-ring (bicyclic) bond motifs is 1. The summed E-state index contributed by atoms with van der Waals surface area (Å²) in [6.45, 7) is 2.49. The Hall–Kier alpha value is -2.14. The van der Waals surface area contributed by atoms with E-state index in [0.29, 0.717) is 23.9 Å². The molecule has 0 aliphatic carbocycles. The van der Waals surface area contributed by atoms with Gasteiger partial charge in [0.15, 0.2) is 6.29 Å². The van der Waals surface area contributed by atoms with Crippen molar-refractivity contribution >= 4 is 23.2 Å². The smallest absolute Gasteiger partial charge is 0.335 e. The Morgan fingerprint density at radius 1 is 1.42 bits per heavy atom. The number of nitrogens with zero attached hydrogens (tertiary/aromatic N) is 1. The first-order chi connectivity index (χ1) is 9.10. The number of aliphatic hydroxyl groups is 1. The van der Waals surface area contributed by atoms with Crippen molar-refractivity contribution in [3.05, 3.63) is 35.0 Å². The monoisotopic (exact) mass is 261 g/mol. The molecule has 0 saturated carbocycles. The molecule has 0 atom stereocenters. The van der Waals surface area contributed by atoms with E-state index in [1.807, 2.05) is 11.5 Å². The lowest BCUT2D eigenvalue weighted by Gasteiger charge is -2.06. The van der Waals surface area contributed by atoms with Gasteiger partial charge >= 0.3 is 5.97 Å². The summed E-state index contributed by atoms with van der Waals surface area (Å²) >= 11 is 0. The van der Waals surface area contributed by atoms with Gasteiger partial charge in [0.1, 0.15) is 0 Å². The summed E-state index contributed by atoms with van der Waals surface area (Å²) in [5.74, 6) is -1.01. The van der Waals surface area contributed by atoms with Crippen LogP contribution in [0.15, 0.2) is 18.2 Å². The molecule has 2 aromatic rings. The molecule has 0 amide bonds. The summed E-state index contributed by atoms with van der Waals surface area (Å²) < 4.78 is 1.93. The number of aryl methyl sites for hydroxylation is 1. The molecule has 0 bridgehead atoms. The maximum absolute atomic E-state index is 11.2. The number of rotatable bonds is 5. The zero-order chi connectivity index (χ0) is 14.0. The molecule has 2 N–H and O–H groups in total. The third-order valence-corrected chi connectivity index (χ3v) is 3.28. The minimum Gasteiger partial charge on any atom is -0.478 e. The molecule has 0 fully saturated rings. The number of carboxylic acid groups (broad SMARTS) is 1. The molecule has 1 heterocycles. The predicted octanol–water partition coefficient (Wildman–Crippen LogP) is 1.84. The highest BCUT2D eigenvalue weighted by Gasteiger charge is 2.15. The number of carboxylic acids is 1. The molecular formula is C14H15NO4. The largest absolute Gasteiger partial charge is 0.478 e. The lowest BCUT2D eigenvalue weighted by atomic mass is 10.1. The molecule has 5 nitrogen and oxygen atoms in total. The summed E-state index contributed by atoms with van der Waals surface area (Å²) in [4.78, 5) is 22.2. The van der Waals surface area contributed by atoms with Crippen LogP contribution in [-0.4, -0.2) is 33.6 Å². The molecule has 0 aliphatic rings. The van der Waals surface area contributed by atoms with Crippen LogP contribution in [0.2, 0.25) is 0 Å². The fourth-order valence-electron chi connectivity index (χ4n) is 2.31. The van der Waals surface area contributed by atoms with E-state index in [1.54, 1.807) is 6.07 Å². The van der Waals surface area contributed by atoms with E-state index in [9.17, 15) is 9.59 Å². The summed E-state index contributed by atoms with van der Waals surface area (Å²) in [7, 11) is 0. The minimum absolute atomic E-state index is 0.0722. The standard InChI is InChI=1S/C14H15NO4/c1-9-12(8-17)11-7-10(14(18)19)3-4-13(11)15(9)5-2-6-16/h3-4,7-8,16H,2,5-6H2,1H3,(H,18,19). The lowest BCUT2D eigenvalue weighted by Crippen LogP contribution is -2.02. The van der Waals surface area contributed by atoms with Gasteiger partial charge in [-0.3, -0.25) is 4.79 Å². The fourth-order valence-corrected chi connectivity index (χ4v) is 2.31. The van der Waals surface area contributed by atoms with Crippen molar-refractivity contribution in [2.24, 2.45) is 0 Å². The van der Waals surface area contributed by atoms with Gasteiger partial charge in [0, 0.05) is 35.3 Å². The first-order valence-corrected chi connectivity index (χ1v) is 6.02. The van der Waals surface area contributed by atoms with Gasteiger partial charge in [-0.1, -0.05) is 0 Å². The van der Waals surface area contributed by atoms with E-state index in [4.69, 9.17) is 10.2 Å². The van der Waals surface area contributed by atoms with Gasteiger partial charge in [0.25, 0.3) is 0 Å². The maximum Gasteiger partial charge on any atom is 0.335 e. The molecule has 0 saturated heterocycles. The molecule has 0 aliphatic heterocycles. The van der Waals surface area contributed by atoms with Crippen molar-refractivity contribution in [2.75, 3.05) is 6.61 Å². The normalized spacial score (nSPS) is 10.8. The molecule has 1 aromatic carbocycles. The van der Waals surface area contributed by atoms with E-state index >= 15 is 0 Å². The van der Waals surface area contributed by atoms with E-state index in [1.165, 1.54) is 12.1 Å². The molecule has 0 spiro atoms. The van der Waals surface area contributed by atoms with E-state index in [-0.39, 0.29) is 12.2 Å². The number of hydrogen-bond donors (Lipinski definition) is 2. The Bertz CT molecular complexity index is 642. The average Bonchev–Trinajstić information content (AvgIpc) is 2.66. The van der Waals surface area contributed by atoms with Crippen molar-refractivity contribution in [1.29, 1.82) is 0 Å². The second-order valence-corrected chi connectivity index (χ2v) is 4.38. The van der Waals surface area contributed by atoms with Crippen molar-refractivity contribution in [1.82, 2.24) is 4.57 Å². The molecule has 1 aromatic heterocycles. The van der Waals surface area contributed by atoms with Crippen LogP contribution in [0, 0.1) is 6.92 Å². The molecule has 2 rings (SSSR count). The second kappa shape index (κ2) is 5.24. The Kier molecular flexibility index (Phi) is 3.66. The van der Waals surface area contributed by atoms with Crippen LogP contribution in [0.25, 0.3) is 10.9 Å². The number of aldehydes is 1. The maximum atomic E-state index is 11.2. The lowest BCUT2D eigenvalue weighted by molar-refractivity contribution is 0.0697. The Morgan fingerprint density at radius 3 is 2.74 bits per heavy atom. The predicted molar refractivity (Wildman–Crippen MR) is 70.7 cm³/mol. The zero-order valence-electron chi connectivity index (χ0n) is 10.6. The SMILES string of the molecule is Cc1c(C=O)c2cc(C(=O)O)ccc2n1CCCO. The summed E-state index contributed by atoms with van der Waals surface area (Å²) in [5, 5.41) is 18.6. The first-order valence-electron chi connectivity index (χ1n) is 6.02. The first kappa shape index (κ1) is 13.3. The number of aliphatic hydroxyl groups excluding tert-OH is 1. The van der Waals surface area contributed by atoms with Crippen LogP contribution in [-0.2, 0) is 6.54 Å². The van der Waals surface area contributed by atoms with Gasteiger partial charge in [-0.25, -0.2) is 4.79 Å². The molecule has 100 valence electrons. The Balaban J connectivity index is 2.67. The van der Waals surface area contributed by atoms with Crippen LogP contribution in [0.1, 0.15) is 32.8 Å². The Labute approximate surface area is 110 Å². The number of aromatic nitrogens is 1. The number of hydrogen-bond acceptors (Lipinski definition) is 3. The van der Waals surface area contributed by atoms with Gasteiger partial charge in [0.2, 0.25) is 0 Å². The molecular weight excluding hydrogens is 246 g/mol. The third kappa shape index (κ3) is 2.24. The van der Waals surface area contributed by atoms with Crippen molar-refractivity contribution < 1.29 is 19.8 Å². The van der Waals surface area contributed by atoms with Crippen LogP contribution in [0.4, 0.5) is 0 Å². The number of carbonyl (C=O) groups excluding carboxylic acids is 1. The van der Waals surface area contributed by atoms with Gasteiger partial charge in [0.05, 0.1) is 5.56 Å². The molecule has 5 heteroatoms. The number of carbonyl (C=O) groups is 2. The Morgan fingerprint density at radius 2 is 2.16 bits per heavy atom. The molecule has 0 radical (unpaired) electrons. The van der Waals surface area contributed by atoms with Crippen molar-refractivity contribution in [3.63, 3.8) is 0 Å². The second-order valence-electron chi connectivity index (χ2n) is 4.38. The third-order valence-electron chi connectivity index (χ3n) is 3.28. The number of benzene rings is 1. The van der Waals surface area contributed by atoms with Gasteiger partial charge in [-0.05, 0) is 31.5 Å². The summed E-state index contributed by atoms with van der Waals surface area (Å²) in [6.07, 6.45) is 1.34. The zero-order valence-corrected chi connectivity index (χ0v) is 10.6. The van der Waals surface area contributed by atoms with Crippen LogP contribution in [0.3, 0.4) is 0 Å². The highest BCUT2D eigenvalue weighted by atomic mass is 16.4. The topological polar surface area (TPSA) is 79.5 Å². The molecule has 0 unspecified atom stereocenters. The highest BCUT2D eigenvalue weighted by molar-refractivity contribution is 6.02. The van der Waals surface area contributed by atoms with E-state index in [0.717, 1.165) is 17.5 Å². The van der Waals surface area contributed by atoms with Crippen molar-refractivity contribution in [2.45, 2.75) is 19.9 Å². The highest BCUT2D eigenvalue weighted by Crippen LogP contribution is 2.26. The summed E-state index contributed by atoms with van der Waals surface area (Å²) in [6, 6.07) is 4.74.